The van der Waals surface area contributed by atoms with Crippen LogP contribution in [0.25, 0.3) is 0 Å². The third kappa shape index (κ3) is 4.69. The van der Waals surface area contributed by atoms with Gasteiger partial charge in [0.25, 0.3) is 0 Å². The van der Waals surface area contributed by atoms with E-state index in [1.165, 1.54) is 16.4 Å². The van der Waals surface area contributed by atoms with Crippen LogP contribution in [0.4, 0.5) is 0 Å². The van der Waals surface area contributed by atoms with Gasteiger partial charge in [-0.25, -0.2) is 4.98 Å². The maximum atomic E-state index is 11.1. The van der Waals surface area contributed by atoms with Gasteiger partial charge in [-0.15, -0.1) is 11.3 Å². The first-order valence-corrected chi connectivity index (χ1v) is 10.7. The molecule has 29 heavy (non-hydrogen) atoms. The molecule has 0 unspecified atom stereocenters. The van der Waals surface area contributed by atoms with Crippen LogP contribution in [0.1, 0.15) is 44.3 Å². The number of benzene rings is 1. The smallest absolute Gasteiger partial charge is 0.163 e. The molecule has 2 saturated heterocycles. The van der Waals surface area contributed by atoms with Crippen molar-refractivity contribution in [1.82, 2.24) is 10.0 Å². The maximum absolute atomic E-state index is 11.1. The molecule has 0 saturated carbocycles. The average molecular weight is 421 g/mol. The highest BCUT2D eigenvalue weighted by Gasteiger charge is 2.54. The van der Waals surface area contributed by atoms with E-state index in [2.05, 4.69) is 4.98 Å². The molecule has 7 nitrogen and oxygen atoms in total. The quantitative estimate of drug-likeness (QED) is 0.714. The van der Waals surface area contributed by atoms with Crippen molar-refractivity contribution in [1.29, 1.82) is 0 Å². The van der Waals surface area contributed by atoms with E-state index in [4.69, 9.17) is 18.9 Å². The minimum Gasteiger partial charge on any atom is -0.348 e. The maximum Gasteiger partial charge on any atom is 0.163 e. The Morgan fingerprint density at radius 1 is 1.14 bits per heavy atom. The van der Waals surface area contributed by atoms with Crippen LogP contribution in [0, 0.1) is 0 Å². The predicted octanol–water partition coefficient (Wildman–Crippen LogP) is 3.75. The van der Waals surface area contributed by atoms with Crippen molar-refractivity contribution in [3.63, 3.8) is 0 Å². The molecule has 0 spiro atoms. The van der Waals surface area contributed by atoms with E-state index in [0.717, 1.165) is 10.6 Å². The first-order chi connectivity index (χ1) is 13.7. The van der Waals surface area contributed by atoms with Crippen LogP contribution in [0.3, 0.4) is 0 Å². The first-order valence-electron chi connectivity index (χ1n) is 9.80. The molecule has 0 amide bonds. The Balaban J connectivity index is 1.63. The van der Waals surface area contributed by atoms with E-state index in [0.29, 0.717) is 13.2 Å². The number of hydrogen-bond acceptors (Lipinski definition) is 8. The van der Waals surface area contributed by atoms with Crippen molar-refractivity contribution in [2.75, 3.05) is 6.61 Å². The zero-order chi connectivity index (χ0) is 20.6. The molecule has 2 aromatic rings. The minimum absolute atomic E-state index is 0.302. The molecule has 1 aromatic carbocycles. The molecule has 3 heterocycles. The molecular weight excluding hydrogens is 392 g/mol. The Labute approximate surface area is 175 Å². The van der Waals surface area contributed by atoms with Crippen molar-refractivity contribution in [2.24, 2.45) is 0 Å². The molecule has 0 bridgehead atoms. The molecule has 1 aromatic heterocycles. The molecule has 4 rings (SSSR count). The molecule has 2 aliphatic rings. The summed E-state index contributed by atoms with van der Waals surface area (Å²) in [4.78, 5) is 4.47. The van der Waals surface area contributed by atoms with Gasteiger partial charge in [-0.3, -0.25) is 0 Å². The summed E-state index contributed by atoms with van der Waals surface area (Å²) < 4.78 is 24.4. The summed E-state index contributed by atoms with van der Waals surface area (Å²) >= 11 is 1.48. The fourth-order valence-corrected chi connectivity index (χ4v) is 4.69. The number of thiazole rings is 1. The molecule has 1 N–H and O–H groups in total. The molecule has 158 valence electrons. The zero-order valence-electron chi connectivity index (χ0n) is 17.1. The second-order valence-electron chi connectivity index (χ2n) is 8.33. The monoisotopic (exact) mass is 420 g/mol. The van der Waals surface area contributed by atoms with Gasteiger partial charge in [-0.2, -0.15) is 5.06 Å². The highest BCUT2D eigenvalue weighted by molar-refractivity contribution is 7.09. The average Bonchev–Trinajstić information content (AvgIpc) is 3.36. The Bertz CT molecular complexity index is 799. The highest BCUT2D eigenvalue weighted by Crippen LogP contribution is 2.42. The number of hydroxylamine groups is 2. The molecule has 2 aliphatic heterocycles. The van der Waals surface area contributed by atoms with Crippen LogP contribution in [-0.4, -0.2) is 51.7 Å². The van der Waals surface area contributed by atoms with Gasteiger partial charge in [0, 0.05) is 18.1 Å². The van der Waals surface area contributed by atoms with E-state index in [1.807, 2.05) is 63.4 Å². The van der Waals surface area contributed by atoms with Crippen LogP contribution in [0.5, 0.6) is 0 Å². The van der Waals surface area contributed by atoms with Crippen LogP contribution in [0.15, 0.2) is 41.9 Å². The highest BCUT2D eigenvalue weighted by atomic mass is 32.1. The van der Waals surface area contributed by atoms with Gasteiger partial charge in [-0.1, -0.05) is 30.3 Å². The third-order valence-electron chi connectivity index (χ3n) is 5.08. The number of ether oxygens (including phenoxy) is 4. The second-order valence-corrected chi connectivity index (χ2v) is 9.26. The Morgan fingerprint density at radius 3 is 2.52 bits per heavy atom. The first kappa shape index (κ1) is 20.9. The SMILES string of the molecule is CC1(C)O[C@H]([C@@H](c2nccs2)N(O)Cc2ccccc2)[C@@H]([C@H]2COC(C)(C)O2)O1. The summed E-state index contributed by atoms with van der Waals surface area (Å²) in [7, 11) is 0. The van der Waals surface area contributed by atoms with Gasteiger partial charge in [0.1, 0.15) is 29.4 Å². The topological polar surface area (TPSA) is 73.3 Å². The molecule has 2 fully saturated rings. The summed E-state index contributed by atoms with van der Waals surface area (Å²) in [5, 5.41) is 15.1. The van der Waals surface area contributed by atoms with Crippen LogP contribution >= 0.6 is 11.3 Å². The van der Waals surface area contributed by atoms with Crippen molar-refractivity contribution >= 4 is 11.3 Å². The van der Waals surface area contributed by atoms with E-state index >= 15 is 0 Å². The van der Waals surface area contributed by atoms with Gasteiger partial charge in [-0.05, 0) is 33.3 Å². The van der Waals surface area contributed by atoms with E-state index in [1.54, 1.807) is 6.20 Å². The van der Waals surface area contributed by atoms with Gasteiger partial charge in [0.15, 0.2) is 11.6 Å². The lowest BCUT2D eigenvalue weighted by Crippen LogP contribution is -2.45. The Morgan fingerprint density at radius 2 is 1.90 bits per heavy atom. The zero-order valence-corrected chi connectivity index (χ0v) is 18.0. The molecule has 0 aliphatic carbocycles. The standard InChI is InChI=1S/C21H28N2O5S/c1-20(2)25-13-15(26-20)17-18(28-21(3,4)27-17)16(19-22-10-11-29-19)23(24)12-14-8-6-5-7-9-14/h5-11,15-18,24H,12-13H2,1-4H3/t15-,16+,17-,18-/m1/s1. The summed E-state index contributed by atoms with van der Waals surface area (Å²) in [6, 6.07) is 9.31. The van der Waals surface area contributed by atoms with Crippen LogP contribution < -0.4 is 0 Å². The molecular formula is C21H28N2O5S. The number of aromatic nitrogens is 1. The van der Waals surface area contributed by atoms with Crippen molar-refractivity contribution < 1.29 is 24.2 Å². The molecule has 4 atom stereocenters. The third-order valence-corrected chi connectivity index (χ3v) is 5.93. The largest absolute Gasteiger partial charge is 0.348 e. The van der Waals surface area contributed by atoms with Crippen molar-refractivity contribution in [3.8, 4) is 0 Å². The summed E-state index contributed by atoms with van der Waals surface area (Å²) in [5.41, 5.74) is 0.993. The lowest BCUT2D eigenvalue weighted by molar-refractivity contribution is -0.191. The van der Waals surface area contributed by atoms with Gasteiger partial charge in [0.2, 0.25) is 0 Å². The van der Waals surface area contributed by atoms with E-state index < -0.39 is 29.8 Å². The number of rotatable bonds is 6. The summed E-state index contributed by atoms with van der Waals surface area (Å²) in [6.45, 7) is 8.26. The van der Waals surface area contributed by atoms with E-state index in [-0.39, 0.29) is 6.10 Å². The van der Waals surface area contributed by atoms with Crippen LogP contribution in [0.2, 0.25) is 0 Å². The molecule has 0 radical (unpaired) electrons. The molecule has 8 heteroatoms. The minimum atomic E-state index is -0.811. The fraction of sp³-hybridized carbons (Fsp3) is 0.571. The predicted molar refractivity (Wildman–Crippen MR) is 107 cm³/mol. The van der Waals surface area contributed by atoms with Crippen LogP contribution in [-0.2, 0) is 25.5 Å². The van der Waals surface area contributed by atoms with Gasteiger partial charge >= 0.3 is 0 Å². The van der Waals surface area contributed by atoms with Crippen molar-refractivity contribution in [3.05, 3.63) is 52.5 Å². The number of hydrogen-bond donors (Lipinski definition) is 1. The second kappa shape index (κ2) is 8.03. The number of nitrogens with zero attached hydrogens (tertiary/aromatic N) is 2. The van der Waals surface area contributed by atoms with Gasteiger partial charge in [0.05, 0.1) is 6.61 Å². The summed E-state index contributed by atoms with van der Waals surface area (Å²) in [5.74, 6) is -1.49. The Kier molecular flexibility index (Phi) is 5.78. The lowest BCUT2D eigenvalue weighted by Gasteiger charge is -2.32. The van der Waals surface area contributed by atoms with E-state index in [9.17, 15) is 5.21 Å². The van der Waals surface area contributed by atoms with Gasteiger partial charge < -0.3 is 24.2 Å². The fourth-order valence-electron chi connectivity index (χ4n) is 3.91. The normalized spacial score (nSPS) is 29.4. The van der Waals surface area contributed by atoms with Crippen molar-refractivity contribution in [2.45, 2.75) is 70.2 Å². The Hall–Kier alpha value is -1.39. The summed E-state index contributed by atoms with van der Waals surface area (Å²) in [6.07, 6.45) is 0.542. The lowest BCUT2D eigenvalue weighted by atomic mass is 10.0.